The number of aliphatic hydroxyl groups is 1. The van der Waals surface area contributed by atoms with Gasteiger partial charge >= 0.3 is 0 Å². The van der Waals surface area contributed by atoms with E-state index in [1.165, 1.54) is 5.69 Å². The first-order valence-electron chi connectivity index (χ1n) is 10.2. The average molecular weight is 434 g/mol. The number of nitrogens with two attached hydrogens (primary N) is 1. The van der Waals surface area contributed by atoms with Crippen molar-refractivity contribution < 1.29 is 9.32 Å². The zero-order valence-electron chi connectivity index (χ0n) is 17.0. The van der Waals surface area contributed by atoms with E-state index in [0.717, 1.165) is 56.7 Å². The lowest BCUT2D eigenvalue weighted by Crippen LogP contribution is -2.46. The minimum absolute atomic E-state index is 0.459. The molecule has 29 heavy (non-hydrogen) atoms. The molecule has 1 aliphatic rings. The van der Waals surface area contributed by atoms with Crippen LogP contribution in [0.3, 0.4) is 0 Å². The van der Waals surface area contributed by atoms with Gasteiger partial charge in [-0.2, -0.15) is 0 Å². The Labute approximate surface area is 179 Å². The number of piperazine rings is 1. The molecule has 0 spiro atoms. The first-order valence-corrected chi connectivity index (χ1v) is 12.7. The molecule has 2 unspecified atom stereocenters. The van der Waals surface area contributed by atoms with Crippen molar-refractivity contribution in [2.24, 2.45) is 5.14 Å². The van der Waals surface area contributed by atoms with E-state index in [4.69, 9.17) is 16.3 Å². The van der Waals surface area contributed by atoms with E-state index >= 15 is 0 Å². The number of aryl methyl sites for hydroxylation is 1. The van der Waals surface area contributed by atoms with Crippen LogP contribution in [0.1, 0.15) is 36.5 Å². The molecule has 2 atom stereocenters. The number of rotatable bonds is 8. The molecule has 0 aliphatic carbocycles. The van der Waals surface area contributed by atoms with Crippen molar-refractivity contribution in [3.05, 3.63) is 59.7 Å². The van der Waals surface area contributed by atoms with E-state index in [-0.39, 0.29) is 0 Å². The van der Waals surface area contributed by atoms with Crippen LogP contribution in [-0.4, -0.2) is 46.9 Å². The van der Waals surface area contributed by atoms with Gasteiger partial charge in [-0.05, 0) is 62.1 Å². The number of nitrogens with zero attached hydrogens (tertiary/aromatic N) is 2. The second-order valence-electron chi connectivity index (χ2n) is 7.75. The van der Waals surface area contributed by atoms with Crippen LogP contribution in [0.15, 0.2) is 53.4 Å². The molecule has 1 fully saturated rings. The van der Waals surface area contributed by atoms with Crippen LogP contribution in [-0.2, 0) is 19.9 Å². The monoisotopic (exact) mass is 433 g/mol. The number of para-hydroxylation sites is 1. The normalized spacial score (nSPS) is 18.4. The average Bonchev–Trinajstić information content (AvgIpc) is 2.71. The van der Waals surface area contributed by atoms with Crippen molar-refractivity contribution >= 4 is 25.6 Å². The summed E-state index contributed by atoms with van der Waals surface area (Å²) >= 11 is 4.92. The minimum atomic E-state index is -2.94. The van der Waals surface area contributed by atoms with Gasteiger partial charge in [0.25, 0.3) is 0 Å². The lowest BCUT2D eigenvalue weighted by Gasteiger charge is -2.36. The van der Waals surface area contributed by atoms with Crippen LogP contribution >= 0.6 is 0 Å². The predicted molar refractivity (Wildman–Crippen MR) is 123 cm³/mol. The van der Waals surface area contributed by atoms with Gasteiger partial charge in [-0.15, -0.1) is 0 Å². The van der Waals surface area contributed by atoms with Crippen molar-refractivity contribution in [3.8, 4) is 0 Å². The first kappa shape index (κ1) is 22.2. The Hall–Kier alpha value is -1.51. The second kappa shape index (κ2) is 10.00. The third-order valence-electron chi connectivity index (χ3n) is 5.60. The molecule has 3 N–H and O–H groups in total. The molecule has 1 heterocycles. The van der Waals surface area contributed by atoms with Crippen LogP contribution in [0.5, 0.6) is 0 Å². The Kier molecular flexibility index (Phi) is 7.65. The Balaban J connectivity index is 1.41. The van der Waals surface area contributed by atoms with E-state index in [0.29, 0.717) is 11.3 Å². The van der Waals surface area contributed by atoms with E-state index in [9.17, 15) is 9.32 Å². The molecule has 2 aromatic carbocycles. The zero-order valence-corrected chi connectivity index (χ0v) is 18.6. The SMILES string of the molecule is Cc1ccc(C(O)CCCCN2CCN(c3ccccc3)CC2)cc1S(N)(=O)=S. The fourth-order valence-electron chi connectivity index (χ4n) is 3.84. The molecule has 3 rings (SSSR count). The van der Waals surface area contributed by atoms with Gasteiger partial charge in [0, 0.05) is 43.1 Å². The van der Waals surface area contributed by atoms with Gasteiger partial charge in [0.05, 0.1) is 11.0 Å². The largest absolute Gasteiger partial charge is 0.388 e. The van der Waals surface area contributed by atoms with Gasteiger partial charge < -0.3 is 10.0 Å². The van der Waals surface area contributed by atoms with Crippen LogP contribution in [0, 0.1) is 6.92 Å². The summed E-state index contributed by atoms with van der Waals surface area (Å²) in [6.45, 7) is 7.14. The number of benzene rings is 2. The molecule has 0 saturated carbocycles. The number of hydrogen-bond donors (Lipinski definition) is 2. The van der Waals surface area contributed by atoms with E-state index in [1.54, 1.807) is 6.07 Å². The number of aliphatic hydroxyl groups excluding tert-OH is 1. The molecule has 0 amide bonds. The molecule has 0 aromatic heterocycles. The fourth-order valence-corrected chi connectivity index (χ4v) is 5.19. The quantitative estimate of drug-likeness (QED) is 0.627. The van der Waals surface area contributed by atoms with Gasteiger partial charge in [0.2, 0.25) is 0 Å². The Morgan fingerprint density at radius 1 is 1.10 bits per heavy atom. The summed E-state index contributed by atoms with van der Waals surface area (Å²) in [7, 11) is -2.94. The summed E-state index contributed by atoms with van der Waals surface area (Å²) in [5.74, 6) is 0. The summed E-state index contributed by atoms with van der Waals surface area (Å²) < 4.78 is 12.0. The molecule has 1 saturated heterocycles. The summed E-state index contributed by atoms with van der Waals surface area (Å²) in [6.07, 6.45) is 2.08. The predicted octanol–water partition coefficient (Wildman–Crippen LogP) is 3.00. The summed E-state index contributed by atoms with van der Waals surface area (Å²) in [4.78, 5) is 5.39. The highest BCUT2D eigenvalue weighted by Gasteiger charge is 2.17. The lowest BCUT2D eigenvalue weighted by atomic mass is 10.0. The van der Waals surface area contributed by atoms with Gasteiger partial charge in [-0.25, -0.2) is 9.35 Å². The Morgan fingerprint density at radius 2 is 1.79 bits per heavy atom. The van der Waals surface area contributed by atoms with Gasteiger partial charge in [0.15, 0.2) is 0 Å². The Bertz CT molecular complexity index is 896. The zero-order chi connectivity index (χ0) is 20.9. The standard InChI is InChI=1S/C22H31N3O2S2/c1-18-10-11-19(17-22(18)29(23,27)28)21(26)9-5-6-12-24-13-15-25(16-14-24)20-7-3-2-4-8-20/h2-4,7-8,10-11,17,21,26H,5-6,9,12-16H2,1H3,(H2,23,27,28). The topological polar surface area (TPSA) is 69.8 Å². The van der Waals surface area contributed by atoms with Crippen molar-refractivity contribution in [1.29, 1.82) is 0 Å². The molecule has 5 nitrogen and oxygen atoms in total. The van der Waals surface area contributed by atoms with Gasteiger partial charge in [-0.3, -0.25) is 4.90 Å². The minimum Gasteiger partial charge on any atom is -0.388 e. The van der Waals surface area contributed by atoms with Gasteiger partial charge in [0.1, 0.15) is 8.68 Å². The molecule has 1 aliphatic heterocycles. The van der Waals surface area contributed by atoms with Crippen molar-refractivity contribution in [2.45, 2.75) is 37.2 Å². The van der Waals surface area contributed by atoms with Crippen LogP contribution in [0.4, 0.5) is 5.69 Å². The molecule has 0 radical (unpaired) electrons. The van der Waals surface area contributed by atoms with Crippen LogP contribution in [0.2, 0.25) is 0 Å². The maximum atomic E-state index is 12.0. The van der Waals surface area contributed by atoms with E-state index < -0.39 is 14.8 Å². The highest BCUT2D eigenvalue weighted by Crippen LogP contribution is 2.24. The summed E-state index contributed by atoms with van der Waals surface area (Å²) in [6, 6.07) is 16.0. The molecular weight excluding hydrogens is 402 g/mol. The molecule has 158 valence electrons. The maximum absolute atomic E-state index is 12.0. The fraction of sp³-hybridized carbons (Fsp3) is 0.455. The van der Waals surface area contributed by atoms with Crippen molar-refractivity contribution in [3.63, 3.8) is 0 Å². The first-order chi connectivity index (χ1) is 13.8. The lowest BCUT2D eigenvalue weighted by molar-refractivity contribution is 0.160. The van der Waals surface area contributed by atoms with Crippen LogP contribution in [0.25, 0.3) is 0 Å². The molecule has 0 bridgehead atoms. The maximum Gasteiger partial charge on any atom is 0.116 e. The molecule has 2 aromatic rings. The second-order valence-corrected chi connectivity index (χ2v) is 10.8. The molecule has 7 heteroatoms. The van der Waals surface area contributed by atoms with Crippen LogP contribution < -0.4 is 10.0 Å². The van der Waals surface area contributed by atoms with Crippen molar-refractivity contribution in [1.82, 2.24) is 4.90 Å². The third-order valence-corrected chi connectivity index (χ3v) is 7.19. The third kappa shape index (κ3) is 6.23. The van der Waals surface area contributed by atoms with E-state index in [1.807, 2.05) is 19.1 Å². The Morgan fingerprint density at radius 3 is 2.45 bits per heavy atom. The molecular formula is C22H31N3O2S2. The number of unbranched alkanes of at least 4 members (excludes halogenated alkanes) is 1. The van der Waals surface area contributed by atoms with E-state index in [2.05, 4.69) is 40.1 Å². The highest BCUT2D eigenvalue weighted by molar-refractivity contribution is 8.31. The summed E-state index contributed by atoms with van der Waals surface area (Å²) in [5, 5.41) is 16.1. The van der Waals surface area contributed by atoms with Gasteiger partial charge in [-0.1, -0.05) is 30.3 Å². The highest BCUT2D eigenvalue weighted by atomic mass is 32.8. The number of hydrogen-bond acceptors (Lipinski definition) is 5. The smallest absolute Gasteiger partial charge is 0.116 e. The van der Waals surface area contributed by atoms with Crippen molar-refractivity contribution in [2.75, 3.05) is 37.6 Å². The number of anilines is 1. The summed E-state index contributed by atoms with van der Waals surface area (Å²) in [5.41, 5.74) is 2.84.